The monoisotopic (exact) mass is 276 g/mol. The SMILES string of the molecule is CCC1CCN(C(c2ccc(OC)cc2)C(N)CC)C1. The normalized spacial score (nSPS) is 22.7. The van der Waals surface area contributed by atoms with Crippen LogP contribution in [0.2, 0.25) is 0 Å². The fraction of sp³-hybridized carbons (Fsp3) is 0.647. The van der Waals surface area contributed by atoms with Gasteiger partial charge in [-0.05, 0) is 43.0 Å². The molecule has 1 saturated heterocycles. The molecule has 0 amide bonds. The van der Waals surface area contributed by atoms with E-state index in [1.54, 1.807) is 7.11 Å². The van der Waals surface area contributed by atoms with Gasteiger partial charge in [-0.1, -0.05) is 32.4 Å². The maximum absolute atomic E-state index is 6.41. The molecule has 1 aliphatic rings. The van der Waals surface area contributed by atoms with Gasteiger partial charge >= 0.3 is 0 Å². The van der Waals surface area contributed by atoms with Gasteiger partial charge in [0.25, 0.3) is 0 Å². The lowest BCUT2D eigenvalue weighted by atomic mass is 9.96. The molecule has 1 fully saturated rings. The van der Waals surface area contributed by atoms with Crippen LogP contribution < -0.4 is 10.5 Å². The summed E-state index contributed by atoms with van der Waals surface area (Å²) >= 11 is 0. The highest BCUT2D eigenvalue weighted by molar-refractivity contribution is 5.30. The van der Waals surface area contributed by atoms with Crippen molar-refractivity contribution in [1.82, 2.24) is 4.90 Å². The molecule has 0 aliphatic carbocycles. The molecule has 3 heteroatoms. The first-order valence-corrected chi connectivity index (χ1v) is 7.83. The second-order valence-corrected chi connectivity index (χ2v) is 5.85. The van der Waals surface area contributed by atoms with E-state index in [9.17, 15) is 0 Å². The molecule has 3 unspecified atom stereocenters. The molecular weight excluding hydrogens is 248 g/mol. The number of nitrogens with zero attached hydrogens (tertiary/aromatic N) is 1. The standard InChI is InChI=1S/C17H28N2O/c1-4-13-10-11-19(12-13)17(16(18)5-2)14-6-8-15(20-3)9-7-14/h6-9,13,16-17H,4-5,10-12,18H2,1-3H3. The maximum Gasteiger partial charge on any atom is 0.118 e. The highest BCUT2D eigenvalue weighted by Crippen LogP contribution is 2.32. The van der Waals surface area contributed by atoms with Gasteiger partial charge in [0.2, 0.25) is 0 Å². The third kappa shape index (κ3) is 3.33. The Morgan fingerprint density at radius 2 is 2.00 bits per heavy atom. The first kappa shape index (κ1) is 15.3. The number of methoxy groups -OCH3 is 1. The molecule has 20 heavy (non-hydrogen) atoms. The van der Waals surface area contributed by atoms with Crippen molar-refractivity contribution < 1.29 is 4.74 Å². The Balaban J connectivity index is 2.18. The first-order chi connectivity index (χ1) is 9.69. The summed E-state index contributed by atoms with van der Waals surface area (Å²) in [6.45, 7) is 6.81. The van der Waals surface area contributed by atoms with Gasteiger partial charge in [0.15, 0.2) is 0 Å². The Morgan fingerprint density at radius 3 is 2.50 bits per heavy atom. The molecule has 0 aromatic heterocycles. The van der Waals surface area contributed by atoms with Crippen LogP contribution in [0.3, 0.4) is 0 Å². The van der Waals surface area contributed by atoms with Gasteiger partial charge < -0.3 is 10.5 Å². The molecule has 0 saturated carbocycles. The maximum atomic E-state index is 6.41. The summed E-state index contributed by atoms with van der Waals surface area (Å²) in [5.74, 6) is 1.74. The van der Waals surface area contributed by atoms with E-state index >= 15 is 0 Å². The van der Waals surface area contributed by atoms with Crippen molar-refractivity contribution >= 4 is 0 Å². The van der Waals surface area contributed by atoms with Crippen molar-refractivity contribution in [3.63, 3.8) is 0 Å². The van der Waals surface area contributed by atoms with E-state index in [0.717, 1.165) is 18.1 Å². The Morgan fingerprint density at radius 1 is 1.30 bits per heavy atom. The van der Waals surface area contributed by atoms with Crippen LogP contribution >= 0.6 is 0 Å². The third-order valence-electron chi connectivity index (χ3n) is 4.62. The van der Waals surface area contributed by atoms with Crippen LogP contribution in [-0.4, -0.2) is 31.1 Å². The molecule has 0 bridgehead atoms. The van der Waals surface area contributed by atoms with Crippen molar-refractivity contribution in [2.24, 2.45) is 11.7 Å². The summed E-state index contributed by atoms with van der Waals surface area (Å²) < 4.78 is 5.25. The van der Waals surface area contributed by atoms with Crippen molar-refractivity contribution in [3.8, 4) is 5.75 Å². The smallest absolute Gasteiger partial charge is 0.118 e. The van der Waals surface area contributed by atoms with Crippen LogP contribution in [0.5, 0.6) is 5.75 Å². The zero-order chi connectivity index (χ0) is 14.5. The van der Waals surface area contributed by atoms with Crippen LogP contribution in [0.1, 0.15) is 44.7 Å². The van der Waals surface area contributed by atoms with E-state index in [1.165, 1.54) is 31.5 Å². The van der Waals surface area contributed by atoms with Gasteiger partial charge in [0.05, 0.1) is 7.11 Å². The second kappa shape index (κ2) is 7.09. The number of likely N-dealkylation sites (tertiary alicyclic amines) is 1. The number of rotatable bonds is 6. The van der Waals surface area contributed by atoms with E-state index < -0.39 is 0 Å². The molecular formula is C17H28N2O. The number of hydrogen-bond acceptors (Lipinski definition) is 3. The van der Waals surface area contributed by atoms with E-state index in [4.69, 9.17) is 10.5 Å². The average Bonchev–Trinajstić information content (AvgIpc) is 2.96. The molecule has 3 nitrogen and oxygen atoms in total. The summed E-state index contributed by atoms with van der Waals surface area (Å²) in [6.07, 6.45) is 3.58. The Labute approximate surface area is 123 Å². The molecule has 1 aliphatic heterocycles. The van der Waals surface area contributed by atoms with Crippen molar-refractivity contribution in [3.05, 3.63) is 29.8 Å². The lowest BCUT2D eigenvalue weighted by Crippen LogP contribution is -2.39. The molecule has 3 atom stereocenters. The Bertz CT molecular complexity index is 404. The minimum atomic E-state index is 0.194. The highest BCUT2D eigenvalue weighted by Gasteiger charge is 2.31. The molecule has 112 valence electrons. The Hall–Kier alpha value is -1.06. The number of benzene rings is 1. The van der Waals surface area contributed by atoms with E-state index in [2.05, 4.69) is 30.9 Å². The lowest BCUT2D eigenvalue weighted by molar-refractivity contribution is 0.201. The average molecular weight is 276 g/mol. The van der Waals surface area contributed by atoms with E-state index in [0.29, 0.717) is 6.04 Å². The fourth-order valence-electron chi connectivity index (χ4n) is 3.20. The summed E-state index contributed by atoms with van der Waals surface area (Å²) in [7, 11) is 1.70. The molecule has 1 heterocycles. The van der Waals surface area contributed by atoms with Crippen LogP contribution in [0.4, 0.5) is 0 Å². The summed E-state index contributed by atoms with van der Waals surface area (Å²) in [5, 5.41) is 0. The van der Waals surface area contributed by atoms with Gasteiger partial charge in [-0.2, -0.15) is 0 Å². The van der Waals surface area contributed by atoms with E-state index in [1.807, 2.05) is 12.1 Å². The topological polar surface area (TPSA) is 38.5 Å². The largest absolute Gasteiger partial charge is 0.497 e. The highest BCUT2D eigenvalue weighted by atomic mass is 16.5. The van der Waals surface area contributed by atoms with Crippen molar-refractivity contribution in [2.75, 3.05) is 20.2 Å². The number of nitrogens with two attached hydrogens (primary N) is 1. The van der Waals surface area contributed by atoms with Crippen LogP contribution in [0, 0.1) is 5.92 Å². The predicted molar refractivity (Wildman–Crippen MR) is 84.0 cm³/mol. The molecule has 0 radical (unpaired) electrons. The minimum absolute atomic E-state index is 0.194. The third-order valence-corrected chi connectivity index (χ3v) is 4.62. The van der Waals surface area contributed by atoms with Crippen LogP contribution in [0.15, 0.2) is 24.3 Å². The fourth-order valence-corrected chi connectivity index (χ4v) is 3.20. The first-order valence-electron chi connectivity index (χ1n) is 7.83. The van der Waals surface area contributed by atoms with Crippen molar-refractivity contribution in [2.45, 2.75) is 45.2 Å². The summed E-state index contributed by atoms with van der Waals surface area (Å²) in [4.78, 5) is 2.57. The zero-order valence-electron chi connectivity index (χ0n) is 13.0. The van der Waals surface area contributed by atoms with Gasteiger partial charge in [-0.3, -0.25) is 4.90 Å². The van der Waals surface area contributed by atoms with E-state index in [-0.39, 0.29) is 6.04 Å². The number of hydrogen-bond donors (Lipinski definition) is 1. The van der Waals surface area contributed by atoms with Gasteiger partial charge in [0, 0.05) is 18.6 Å². The summed E-state index contributed by atoms with van der Waals surface area (Å²) in [5.41, 5.74) is 7.73. The minimum Gasteiger partial charge on any atom is -0.497 e. The molecule has 1 aromatic rings. The van der Waals surface area contributed by atoms with Crippen molar-refractivity contribution in [1.29, 1.82) is 0 Å². The molecule has 2 N–H and O–H groups in total. The second-order valence-electron chi connectivity index (χ2n) is 5.85. The summed E-state index contributed by atoms with van der Waals surface area (Å²) in [6, 6.07) is 8.94. The Kier molecular flexibility index (Phi) is 5.44. The van der Waals surface area contributed by atoms with Gasteiger partial charge in [-0.25, -0.2) is 0 Å². The molecule has 1 aromatic carbocycles. The van der Waals surface area contributed by atoms with Crippen LogP contribution in [0.25, 0.3) is 0 Å². The van der Waals surface area contributed by atoms with Crippen LogP contribution in [-0.2, 0) is 0 Å². The lowest BCUT2D eigenvalue weighted by Gasteiger charge is -2.33. The number of ether oxygens (including phenoxy) is 1. The van der Waals surface area contributed by atoms with Gasteiger partial charge in [0.1, 0.15) is 5.75 Å². The predicted octanol–water partition coefficient (Wildman–Crippen LogP) is 3.21. The van der Waals surface area contributed by atoms with Gasteiger partial charge in [-0.15, -0.1) is 0 Å². The quantitative estimate of drug-likeness (QED) is 0.867. The molecule has 2 rings (SSSR count). The molecule has 0 spiro atoms. The zero-order valence-corrected chi connectivity index (χ0v) is 13.0.